The zero-order valence-electron chi connectivity index (χ0n) is 15.9. The van der Waals surface area contributed by atoms with Gasteiger partial charge in [-0.3, -0.25) is 4.79 Å². The lowest BCUT2D eigenvalue weighted by atomic mass is 9.55. The molecule has 1 unspecified atom stereocenters. The molecule has 0 saturated carbocycles. The summed E-state index contributed by atoms with van der Waals surface area (Å²) >= 11 is 0. The molecule has 0 aromatic heterocycles. The average Bonchev–Trinajstić information content (AvgIpc) is 2.35. The molecule has 0 heterocycles. The van der Waals surface area contributed by atoms with Crippen LogP contribution < -0.4 is 0 Å². The van der Waals surface area contributed by atoms with Gasteiger partial charge in [0.15, 0.2) is 0 Å². The molecule has 3 heteroatoms. The summed E-state index contributed by atoms with van der Waals surface area (Å²) in [5, 5.41) is 10.4. The first-order valence-electron chi connectivity index (χ1n) is 8.25. The second-order valence-electron chi connectivity index (χ2n) is 8.58. The molecule has 0 amide bonds. The molecule has 0 spiro atoms. The number of hydrogen-bond donors (Lipinski definition) is 1. The fraction of sp³-hybridized carbons (Fsp3) is 0.842. The van der Waals surface area contributed by atoms with E-state index in [4.69, 9.17) is 4.74 Å². The third-order valence-corrected chi connectivity index (χ3v) is 5.39. The van der Waals surface area contributed by atoms with Gasteiger partial charge in [-0.05, 0) is 30.6 Å². The standard InChI is InChI=1S/C19H36O3/c1-10-12-19(21,11-2)13-14-22-15(20)18(9,16(3,4)5)17(6,7)8/h10,21H,1,11-14H2,2-9H3. The number of ether oxygens (including phenoxy) is 1. The van der Waals surface area contributed by atoms with Gasteiger partial charge in [0.1, 0.15) is 0 Å². The van der Waals surface area contributed by atoms with Crippen molar-refractivity contribution in [2.45, 2.75) is 80.3 Å². The lowest BCUT2D eigenvalue weighted by Gasteiger charge is -2.48. The second kappa shape index (κ2) is 7.16. The van der Waals surface area contributed by atoms with E-state index in [1.807, 2.05) is 13.8 Å². The third kappa shape index (κ3) is 4.58. The SMILES string of the molecule is C=CCC(O)(CC)CCOC(=O)C(C)(C(C)(C)C)C(C)(C)C. The minimum Gasteiger partial charge on any atom is -0.465 e. The van der Waals surface area contributed by atoms with Gasteiger partial charge in [-0.15, -0.1) is 6.58 Å². The zero-order chi connectivity index (χ0) is 17.8. The molecule has 0 aliphatic carbocycles. The van der Waals surface area contributed by atoms with E-state index in [2.05, 4.69) is 48.1 Å². The maximum Gasteiger partial charge on any atom is 0.312 e. The van der Waals surface area contributed by atoms with Crippen molar-refractivity contribution in [1.82, 2.24) is 0 Å². The molecule has 1 N–H and O–H groups in total. The summed E-state index contributed by atoms with van der Waals surface area (Å²) in [4.78, 5) is 12.8. The lowest BCUT2D eigenvalue weighted by Crippen LogP contribution is -2.51. The summed E-state index contributed by atoms with van der Waals surface area (Å²) in [6.45, 7) is 20.2. The zero-order valence-corrected chi connectivity index (χ0v) is 15.9. The summed E-state index contributed by atoms with van der Waals surface area (Å²) in [6.07, 6.45) is 3.27. The molecule has 1 atom stereocenters. The monoisotopic (exact) mass is 312 g/mol. The van der Waals surface area contributed by atoms with Crippen LogP contribution in [0.1, 0.15) is 74.7 Å². The third-order valence-electron chi connectivity index (χ3n) is 5.39. The number of carbonyl (C=O) groups excluding carboxylic acids is 1. The number of rotatable bonds is 7. The molecule has 130 valence electrons. The summed E-state index contributed by atoms with van der Waals surface area (Å²) in [7, 11) is 0. The van der Waals surface area contributed by atoms with Crippen molar-refractivity contribution in [3.8, 4) is 0 Å². The van der Waals surface area contributed by atoms with Crippen LogP contribution in [0.2, 0.25) is 0 Å². The van der Waals surface area contributed by atoms with Gasteiger partial charge in [-0.25, -0.2) is 0 Å². The number of aliphatic hydroxyl groups is 1. The molecule has 0 saturated heterocycles. The van der Waals surface area contributed by atoms with Gasteiger partial charge in [0, 0.05) is 6.42 Å². The molecule has 0 aliphatic rings. The van der Waals surface area contributed by atoms with E-state index in [9.17, 15) is 9.90 Å². The maximum absolute atomic E-state index is 12.8. The Morgan fingerprint density at radius 2 is 1.55 bits per heavy atom. The van der Waals surface area contributed by atoms with Gasteiger partial charge in [0.2, 0.25) is 0 Å². The van der Waals surface area contributed by atoms with Gasteiger partial charge in [-0.1, -0.05) is 54.5 Å². The van der Waals surface area contributed by atoms with Crippen LogP contribution in [0.4, 0.5) is 0 Å². The number of hydrogen-bond acceptors (Lipinski definition) is 3. The highest BCUT2D eigenvalue weighted by molar-refractivity contribution is 5.78. The maximum atomic E-state index is 12.8. The van der Waals surface area contributed by atoms with Crippen LogP contribution in [0.15, 0.2) is 12.7 Å². The molecule has 0 bridgehead atoms. The normalized spacial score (nSPS) is 16.0. The summed E-state index contributed by atoms with van der Waals surface area (Å²) < 4.78 is 5.57. The fourth-order valence-electron chi connectivity index (χ4n) is 2.91. The molecule has 0 aromatic rings. The van der Waals surface area contributed by atoms with E-state index in [0.717, 1.165) is 0 Å². The Balaban J connectivity index is 5.00. The molecule has 0 aromatic carbocycles. The summed E-state index contributed by atoms with van der Waals surface area (Å²) in [6, 6.07) is 0. The predicted octanol–water partition coefficient (Wildman–Crippen LogP) is 4.74. The first kappa shape index (κ1) is 21.2. The lowest BCUT2D eigenvalue weighted by molar-refractivity contribution is -0.174. The van der Waals surface area contributed by atoms with E-state index in [1.54, 1.807) is 6.08 Å². The van der Waals surface area contributed by atoms with Gasteiger partial charge in [-0.2, -0.15) is 0 Å². The number of carbonyl (C=O) groups is 1. The minimum atomic E-state index is -0.831. The summed E-state index contributed by atoms with van der Waals surface area (Å²) in [5.74, 6) is -0.190. The highest BCUT2D eigenvalue weighted by atomic mass is 16.5. The molecule has 0 fully saturated rings. The van der Waals surface area contributed by atoms with E-state index >= 15 is 0 Å². The Kier molecular flexibility index (Phi) is 6.89. The van der Waals surface area contributed by atoms with Crippen molar-refractivity contribution in [2.24, 2.45) is 16.2 Å². The Morgan fingerprint density at radius 3 is 1.86 bits per heavy atom. The van der Waals surface area contributed by atoms with Crippen molar-refractivity contribution in [1.29, 1.82) is 0 Å². The van der Waals surface area contributed by atoms with Crippen LogP contribution in [0.3, 0.4) is 0 Å². The Hall–Kier alpha value is -0.830. The van der Waals surface area contributed by atoms with Crippen molar-refractivity contribution in [3.63, 3.8) is 0 Å². The quantitative estimate of drug-likeness (QED) is 0.546. The molecule has 22 heavy (non-hydrogen) atoms. The van der Waals surface area contributed by atoms with Crippen LogP contribution >= 0.6 is 0 Å². The minimum absolute atomic E-state index is 0.190. The van der Waals surface area contributed by atoms with Crippen molar-refractivity contribution >= 4 is 5.97 Å². The number of esters is 1. The Labute approximate surface area is 137 Å². The van der Waals surface area contributed by atoms with Crippen molar-refractivity contribution < 1.29 is 14.6 Å². The van der Waals surface area contributed by atoms with Crippen LogP contribution in [-0.4, -0.2) is 23.3 Å². The smallest absolute Gasteiger partial charge is 0.312 e. The molecule has 0 rings (SSSR count). The van der Waals surface area contributed by atoms with E-state index in [0.29, 0.717) is 19.3 Å². The topological polar surface area (TPSA) is 46.5 Å². The fourth-order valence-corrected chi connectivity index (χ4v) is 2.91. The second-order valence-corrected chi connectivity index (χ2v) is 8.58. The van der Waals surface area contributed by atoms with Crippen LogP contribution in [0.25, 0.3) is 0 Å². The van der Waals surface area contributed by atoms with E-state index in [-0.39, 0.29) is 23.4 Å². The Bertz CT molecular complexity index is 370. The van der Waals surface area contributed by atoms with Crippen molar-refractivity contribution in [2.75, 3.05) is 6.61 Å². The van der Waals surface area contributed by atoms with Crippen LogP contribution in [-0.2, 0) is 9.53 Å². The molecular weight excluding hydrogens is 276 g/mol. The highest BCUT2D eigenvalue weighted by Gasteiger charge is 2.53. The molecule has 0 aliphatic heterocycles. The van der Waals surface area contributed by atoms with Crippen molar-refractivity contribution in [3.05, 3.63) is 12.7 Å². The van der Waals surface area contributed by atoms with E-state index < -0.39 is 11.0 Å². The van der Waals surface area contributed by atoms with Gasteiger partial charge >= 0.3 is 5.97 Å². The highest BCUT2D eigenvalue weighted by Crippen LogP contribution is 2.52. The van der Waals surface area contributed by atoms with E-state index in [1.165, 1.54) is 0 Å². The first-order chi connectivity index (χ1) is 9.75. The first-order valence-corrected chi connectivity index (χ1v) is 8.25. The largest absolute Gasteiger partial charge is 0.465 e. The van der Waals surface area contributed by atoms with Gasteiger partial charge in [0.05, 0.1) is 17.6 Å². The van der Waals surface area contributed by atoms with Crippen LogP contribution in [0.5, 0.6) is 0 Å². The summed E-state index contributed by atoms with van der Waals surface area (Å²) in [5.41, 5.74) is -1.88. The Morgan fingerprint density at radius 1 is 1.09 bits per heavy atom. The van der Waals surface area contributed by atoms with Gasteiger partial charge in [0.25, 0.3) is 0 Å². The average molecular weight is 312 g/mol. The molecule has 3 nitrogen and oxygen atoms in total. The van der Waals surface area contributed by atoms with Gasteiger partial charge < -0.3 is 9.84 Å². The molecular formula is C19H36O3. The van der Waals surface area contributed by atoms with Crippen LogP contribution in [0, 0.1) is 16.2 Å². The molecule has 0 radical (unpaired) electrons. The predicted molar refractivity (Wildman–Crippen MR) is 92.6 cm³/mol.